The number of hydrogen-bond donors (Lipinski definition) is 0. The molecule has 50 heavy (non-hydrogen) atoms. The Kier molecular flexibility index (Phi) is 6.95. The van der Waals surface area contributed by atoms with Gasteiger partial charge in [-0.2, -0.15) is 0 Å². The summed E-state index contributed by atoms with van der Waals surface area (Å²) in [4.78, 5) is 0. The Balaban J connectivity index is 1.40. The third-order valence-electron chi connectivity index (χ3n) is 10.8. The lowest BCUT2D eigenvalue weighted by Crippen LogP contribution is -2.57. The topological polar surface area (TPSA) is 35.5 Å². The van der Waals surface area contributed by atoms with Gasteiger partial charge in [0.2, 0.25) is 0 Å². The molecule has 1 aliphatic carbocycles. The van der Waals surface area contributed by atoms with Crippen molar-refractivity contribution in [1.29, 1.82) is 0 Å². The quantitative estimate of drug-likeness (QED) is 0.175. The molecule has 2 aliphatic heterocycles. The molecule has 0 aromatic heterocycles. The summed E-state index contributed by atoms with van der Waals surface area (Å²) in [5, 5.41) is 1.48. The van der Waals surface area contributed by atoms with Crippen LogP contribution in [0.2, 0.25) is 0 Å². The Morgan fingerprint density at radius 3 is 1.78 bits per heavy atom. The monoisotopic (exact) mass is 668 g/mol. The number of aryl methyl sites for hydroxylation is 3. The third kappa shape index (κ3) is 4.47. The highest BCUT2D eigenvalue weighted by Gasteiger charge is 2.63. The zero-order valence-corrected chi connectivity index (χ0v) is 29.5. The Morgan fingerprint density at radius 1 is 0.560 bits per heavy atom. The van der Waals surface area contributed by atoms with Crippen LogP contribution in [0.4, 0.5) is 0 Å². The highest BCUT2D eigenvalue weighted by atomic mass is 31.2. The van der Waals surface area contributed by atoms with Crippen molar-refractivity contribution in [3.8, 4) is 33.8 Å². The molecule has 3 nitrogen and oxygen atoms in total. The summed E-state index contributed by atoms with van der Waals surface area (Å²) < 4.78 is 31.4. The molecular weight excluding hydrogens is 631 g/mol. The molecule has 0 amide bonds. The average Bonchev–Trinajstić information content (AvgIpc) is 3.13. The van der Waals surface area contributed by atoms with Crippen LogP contribution in [0.15, 0.2) is 151 Å². The second-order valence-corrected chi connectivity index (χ2v) is 16.7. The molecule has 4 heteroatoms. The highest BCUT2D eigenvalue weighted by molar-refractivity contribution is 7.80. The largest absolute Gasteiger partial charge is 0.481 e. The maximum absolute atomic E-state index is 17.0. The van der Waals surface area contributed by atoms with Gasteiger partial charge in [0.25, 0.3) is 0 Å². The van der Waals surface area contributed by atoms with Crippen LogP contribution < -0.4 is 20.1 Å². The molecule has 3 atom stereocenters. The Morgan fingerprint density at radius 2 is 1.10 bits per heavy atom. The normalized spacial score (nSPS) is 21.6. The predicted molar refractivity (Wildman–Crippen MR) is 206 cm³/mol. The van der Waals surface area contributed by atoms with Gasteiger partial charge in [-0.1, -0.05) is 115 Å². The first-order valence-corrected chi connectivity index (χ1v) is 19.0. The number of hydrogen-bond acceptors (Lipinski definition) is 3. The summed E-state index contributed by atoms with van der Waals surface area (Å²) >= 11 is 0. The zero-order chi connectivity index (χ0) is 34.2. The van der Waals surface area contributed by atoms with Gasteiger partial charge in [-0.05, 0) is 108 Å². The van der Waals surface area contributed by atoms with Gasteiger partial charge in [0.15, 0.2) is 7.14 Å². The summed E-state index contributed by atoms with van der Waals surface area (Å²) in [7, 11) is -3.55. The molecule has 0 fully saturated rings. The molecule has 3 unspecified atom stereocenters. The first kappa shape index (κ1) is 30.7. The van der Waals surface area contributed by atoms with Crippen LogP contribution in [-0.4, -0.2) is 11.3 Å². The SMILES string of the molecule is Cc1ccccc1C1=CC(c2ccccc2C)=C2Oc3ccc(-c4ccccc4)cc3P3(=O)c4cc(-c5ccccc5C)ccc4OC1(C)C23. The summed E-state index contributed by atoms with van der Waals surface area (Å²) in [6.07, 6.45) is 2.23. The Labute approximate surface area is 293 Å². The van der Waals surface area contributed by atoms with Crippen LogP contribution in [0.5, 0.6) is 11.5 Å². The van der Waals surface area contributed by atoms with Crippen LogP contribution in [0.1, 0.15) is 34.7 Å². The van der Waals surface area contributed by atoms with Gasteiger partial charge >= 0.3 is 0 Å². The number of rotatable bonds is 4. The van der Waals surface area contributed by atoms with E-state index in [1.807, 2.05) is 30.3 Å². The van der Waals surface area contributed by atoms with E-state index < -0.39 is 18.4 Å². The van der Waals surface area contributed by atoms with E-state index in [-0.39, 0.29) is 0 Å². The van der Waals surface area contributed by atoms with Crippen molar-refractivity contribution >= 4 is 28.9 Å². The summed E-state index contributed by atoms with van der Waals surface area (Å²) in [5.41, 5.74) is 10.1. The molecule has 244 valence electrons. The van der Waals surface area contributed by atoms with Crippen LogP contribution in [0.3, 0.4) is 0 Å². The lowest BCUT2D eigenvalue weighted by atomic mass is 9.77. The molecule has 0 bridgehead atoms. The number of ether oxygens (including phenoxy) is 2. The van der Waals surface area contributed by atoms with E-state index in [1.54, 1.807) is 0 Å². The van der Waals surface area contributed by atoms with Gasteiger partial charge in [-0.3, -0.25) is 0 Å². The van der Waals surface area contributed by atoms with Crippen molar-refractivity contribution < 1.29 is 14.0 Å². The van der Waals surface area contributed by atoms with E-state index in [0.29, 0.717) is 17.3 Å². The minimum atomic E-state index is -3.55. The Bertz CT molecular complexity index is 2470. The van der Waals surface area contributed by atoms with Crippen molar-refractivity contribution in [2.24, 2.45) is 0 Å². The van der Waals surface area contributed by atoms with E-state index in [2.05, 4.69) is 143 Å². The first-order valence-electron chi connectivity index (χ1n) is 17.2. The van der Waals surface area contributed by atoms with Gasteiger partial charge < -0.3 is 14.0 Å². The Hall–Kier alpha value is -5.37. The molecule has 9 rings (SSSR count). The van der Waals surface area contributed by atoms with Crippen LogP contribution in [0.25, 0.3) is 33.4 Å². The molecule has 0 saturated carbocycles. The molecule has 3 aliphatic rings. The van der Waals surface area contributed by atoms with E-state index >= 15 is 4.57 Å². The van der Waals surface area contributed by atoms with Gasteiger partial charge in [0.1, 0.15) is 28.5 Å². The smallest absolute Gasteiger partial charge is 0.165 e. The van der Waals surface area contributed by atoms with Crippen molar-refractivity contribution in [3.05, 3.63) is 179 Å². The van der Waals surface area contributed by atoms with Gasteiger partial charge in [0, 0.05) is 11.1 Å². The van der Waals surface area contributed by atoms with Crippen molar-refractivity contribution in [2.75, 3.05) is 0 Å². The van der Waals surface area contributed by atoms with Gasteiger partial charge in [0.05, 0.1) is 10.6 Å². The maximum Gasteiger partial charge on any atom is 0.165 e. The molecular formula is C46H37O3P. The second-order valence-electron chi connectivity index (χ2n) is 13.9. The number of allylic oxidation sites excluding steroid dienone is 2. The molecule has 0 N–H and O–H groups in total. The third-order valence-corrected chi connectivity index (χ3v) is 14.4. The second kappa shape index (κ2) is 11.3. The standard InChI is InChI=1S/C46H37O3P/c1-29-14-8-11-19-35(29)34-23-25-41-43(27-34)50(47)42-26-33(32-17-6-5-7-18-32)22-24-40(42)48-44-38(36-20-12-9-15-30(36)2)28-39(46(4,49-41)45(44)50)37-21-13-10-16-31(37)3/h5-28,45H,1-4H3. The van der Waals surface area contributed by atoms with Gasteiger partial charge in [-0.15, -0.1) is 0 Å². The fourth-order valence-electron chi connectivity index (χ4n) is 8.30. The number of fused-ring (bicyclic) bond motifs is 4. The summed E-state index contributed by atoms with van der Waals surface area (Å²) in [6, 6.07) is 47.9. The van der Waals surface area contributed by atoms with E-state index in [1.165, 1.54) is 0 Å². The number of benzene rings is 6. The lowest BCUT2D eigenvalue weighted by Gasteiger charge is -2.52. The van der Waals surface area contributed by atoms with Crippen molar-refractivity contribution in [2.45, 2.75) is 39.0 Å². The first-order chi connectivity index (χ1) is 24.3. The fourth-order valence-corrected chi connectivity index (χ4v) is 12.1. The lowest BCUT2D eigenvalue weighted by molar-refractivity contribution is 0.135. The molecule has 6 aromatic rings. The minimum absolute atomic E-state index is 0.609. The van der Waals surface area contributed by atoms with Crippen LogP contribution in [0, 0.1) is 20.8 Å². The van der Waals surface area contributed by atoms with E-state index in [4.69, 9.17) is 9.47 Å². The minimum Gasteiger partial charge on any atom is -0.481 e. The maximum atomic E-state index is 17.0. The van der Waals surface area contributed by atoms with Crippen LogP contribution >= 0.6 is 7.14 Å². The van der Waals surface area contributed by atoms with E-state index in [0.717, 1.165) is 71.8 Å². The van der Waals surface area contributed by atoms with Crippen LogP contribution in [-0.2, 0) is 4.57 Å². The van der Waals surface area contributed by atoms with E-state index in [9.17, 15) is 0 Å². The molecule has 0 spiro atoms. The molecule has 6 aromatic carbocycles. The van der Waals surface area contributed by atoms with Crippen molar-refractivity contribution in [1.82, 2.24) is 0 Å². The molecule has 0 radical (unpaired) electrons. The zero-order valence-electron chi connectivity index (χ0n) is 28.6. The molecule has 2 heterocycles. The van der Waals surface area contributed by atoms with Crippen molar-refractivity contribution in [3.63, 3.8) is 0 Å². The fraction of sp³-hybridized carbons (Fsp3) is 0.130. The predicted octanol–water partition coefficient (Wildman–Crippen LogP) is 10.7. The highest BCUT2D eigenvalue weighted by Crippen LogP contribution is 2.68. The molecule has 0 saturated heterocycles. The average molecular weight is 669 g/mol. The van der Waals surface area contributed by atoms with Gasteiger partial charge in [-0.25, -0.2) is 0 Å². The summed E-state index contributed by atoms with van der Waals surface area (Å²) in [6.45, 7) is 8.50. The summed E-state index contributed by atoms with van der Waals surface area (Å²) in [5.74, 6) is 1.99.